The Balaban J connectivity index is 1.76. The number of aryl methyl sites for hydroxylation is 1. The predicted octanol–water partition coefficient (Wildman–Crippen LogP) is 1.52. The summed E-state index contributed by atoms with van der Waals surface area (Å²) < 4.78 is 6.85. The molecule has 0 spiro atoms. The molecule has 0 saturated carbocycles. The van der Waals surface area contributed by atoms with E-state index in [1.54, 1.807) is 18.0 Å². The summed E-state index contributed by atoms with van der Waals surface area (Å²) in [6.07, 6.45) is 2.51. The third-order valence-electron chi connectivity index (χ3n) is 3.47. The molecule has 1 atom stereocenters. The van der Waals surface area contributed by atoms with E-state index in [0.717, 1.165) is 16.6 Å². The molecule has 0 fully saturated rings. The van der Waals surface area contributed by atoms with Crippen molar-refractivity contribution in [3.05, 3.63) is 42.4 Å². The number of ether oxygens (including phenoxy) is 1. The molecule has 114 valence electrons. The minimum Gasteiger partial charge on any atom is -0.497 e. The van der Waals surface area contributed by atoms with Gasteiger partial charge in [0.15, 0.2) is 5.65 Å². The number of hydrogen-bond donors (Lipinski definition) is 2. The third kappa shape index (κ3) is 2.71. The Morgan fingerprint density at radius 1 is 1.36 bits per heavy atom. The van der Waals surface area contributed by atoms with Gasteiger partial charge in [-0.15, -0.1) is 0 Å². The number of nitrogens with one attached hydrogen (secondary N) is 1. The number of aliphatic hydroxyl groups is 1. The molecular weight excluding hydrogens is 282 g/mol. The van der Waals surface area contributed by atoms with Gasteiger partial charge in [0.2, 0.25) is 0 Å². The molecule has 3 rings (SSSR count). The second-order valence-corrected chi connectivity index (χ2v) is 4.90. The first-order valence-corrected chi connectivity index (χ1v) is 6.87. The van der Waals surface area contributed by atoms with Crippen molar-refractivity contribution in [1.29, 1.82) is 0 Å². The molecule has 0 aliphatic rings. The smallest absolute Gasteiger partial charge is 0.163 e. The van der Waals surface area contributed by atoms with Crippen molar-refractivity contribution in [3.63, 3.8) is 0 Å². The van der Waals surface area contributed by atoms with Crippen molar-refractivity contribution in [2.45, 2.75) is 6.10 Å². The van der Waals surface area contributed by atoms with E-state index in [1.807, 2.05) is 31.3 Å². The van der Waals surface area contributed by atoms with Crippen LogP contribution in [0.25, 0.3) is 11.0 Å². The highest BCUT2D eigenvalue weighted by molar-refractivity contribution is 5.85. The SMILES string of the molecule is COc1cccc(C(O)CNc2ncnc3c2cnn3C)c1. The molecule has 2 aromatic heterocycles. The Kier molecular flexibility index (Phi) is 3.88. The fourth-order valence-corrected chi connectivity index (χ4v) is 2.26. The summed E-state index contributed by atoms with van der Waals surface area (Å²) in [5, 5.41) is 18.4. The van der Waals surface area contributed by atoms with Gasteiger partial charge in [-0.05, 0) is 17.7 Å². The number of benzene rings is 1. The van der Waals surface area contributed by atoms with Crippen LogP contribution in [0.5, 0.6) is 5.75 Å². The van der Waals surface area contributed by atoms with Crippen LogP contribution in [0.4, 0.5) is 5.82 Å². The fraction of sp³-hybridized carbons (Fsp3) is 0.267. The lowest BCUT2D eigenvalue weighted by Crippen LogP contribution is -2.13. The van der Waals surface area contributed by atoms with E-state index in [9.17, 15) is 5.11 Å². The first-order chi connectivity index (χ1) is 10.7. The fourth-order valence-electron chi connectivity index (χ4n) is 2.26. The predicted molar refractivity (Wildman–Crippen MR) is 82.7 cm³/mol. The van der Waals surface area contributed by atoms with E-state index < -0.39 is 6.10 Å². The highest BCUT2D eigenvalue weighted by Crippen LogP contribution is 2.21. The molecule has 0 radical (unpaired) electrons. The van der Waals surface area contributed by atoms with Gasteiger partial charge >= 0.3 is 0 Å². The Bertz CT molecular complexity index is 786. The highest BCUT2D eigenvalue weighted by Gasteiger charge is 2.11. The van der Waals surface area contributed by atoms with Crippen LogP contribution in [0, 0.1) is 0 Å². The largest absolute Gasteiger partial charge is 0.497 e. The highest BCUT2D eigenvalue weighted by atomic mass is 16.5. The van der Waals surface area contributed by atoms with Gasteiger partial charge in [-0.25, -0.2) is 9.97 Å². The molecule has 0 saturated heterocycles. The molecule has 0 amide bonds. The molecule has 0 aliphatic carbocycles. The average molecular weight is 299 g/mol. The number of fused-ring (bicyclic) bond motifs is 1. The van der Waals surface area contributed by atoms with E-state index >= 15 is 0 Å². The summed E-state index contributed by atoms with van der Waals surface area (Å²) >= 11 is 0. The molecule has 7 nitrogen and oxygen atoms in total. The quantitative estimate of drug-likeness (QED) is 0.743. The second kappa shape index (κ2) is 5.98. The average Bonchev–Trinajstić information content (AvgIpc) is 2.94. The van der Waals surface area contributed by atoms with E-state index in [1.165, 1.54) is 6.33 Å². The van der Waals surface area contributed by atoms with Crippen molar-refractivity contribution >= 4 is 16.9 Å². The zero-order valence-corrected chi connectivity index (χ0v) is 12.4. The zero-order chi connectivity index (χ0) is 15.5. The number of nitrogens with zero attached hydrogens (tertiary/aromatic N) is 4. The molecule has 1 unspecified atom stereocenters. The summed E-state index contributed by atoms with van der Waals surface area (Å²) in [4.78, 5) is 8.39. The minimum atomic E-state index is -0.670. The Labute approximate surface area is 127 Å². The van der Waals surface area contributed by atoms with E-state index in [0.29, 0.717) is 18.1 Å². The maximum absolute atomic E-state index is 10.3. The summed E-state index contributed by atoms with van der Waals surface area (Å²) in [7, 11) is 3.42. The molecule has 0 bridgehead atoms. The second-order valence-electron chi connectivity index (χ2n) is 4.90. The van der Waals surface area contributed by atoms with E-state index in [2.05, 4.69) is 20.4 Å². The summed E-state index contributed by atoms with van der Waals surface area (Å²) in [5.41, 5.74) is 1.52. The van der Waals surface area contributed by atoms with Crippen LogP contribution in [0.3, 0.4) is 0 Å². The van der Waals surface area contributed by atoms with Gasteiger partial charge in [0.05, 0.1) is 24.8 Å². The number of rotatable bonds is 5. The molecule has 0 aliphatic heterocycles. The van der Waals surface area contributed by atoms with Gasteiger partial charge in [0.25, 0.3) is 0 Å². The maximum atomic E-state index is 10.3. The van der Waals surface area contributed by atoms with Crippen LogP contribution in [-0.4, -0.2) is 38.5 Å². The minimum absolute atomic E-state index is 0.328. The van der Waals surface area contributed by atoms with Crippen LogP contribution in [0.2, 0.25) is 0 Å². The molecular formula is C15H17N5O2. The molecule has 1 aromatic carbocycles. The summed E-state index contributed by atoms with van der Waals surface area (Å²) in [5.74, 6) is 1.37. The van der Waals surface area contributed by atoms with Crippen molar-refractivity contribution < 1.29 is 9.84 Å². The lowest BCUT2D eigenvalue weighted by molar-refractivity contribution is 0.191. The van der Waals surface area contributed by atoms with Crippen LogP contribution in [-0.2, 0) is 7.05 Å². The van der Waals surface area contributed by atoms with Crippen LogP contribution in [0.15, 0.2) is 36.8 Å². The Hall–Kier alpha value is -2.67. The number of hydrogen-bond acceptors (Lipinski definition) is 6. The Morgan fingerprint density at radius 3 is 3.05 bits per heavy atom. The molecule has 2 N–H and O–H groups in total. The number of aliphatic hydroxyl groups excluding tert-OH is 1. The van der Waals surface area contributed by atoms with Crippen molar-refractivity contribution in [1.82, 2.24) is 19.7 Å². The summed E-state index contributed by atoms with van der Waals surface area (Å²) in [6.45, 7) is 0.328. The van der Waals surface area contributed by atoms with Crippen molar-refractivity contribution in [3.8, 4) is 5.75 Å². The van der Waals surface area contributed by atoms with Gasteiger partial charge in [-0.2, -0.15) is 5.10 Å². The lowest BCUT2D eigenvalue weighted by Gasteiger charge is -2.13. The van der Waals surface area contributed by atoms with Gasteiger partial charge in [0.1, 0.15) is 17.9 Å². The van der Waals surface area contributed by atoms with Gasteiger partial charge in [-0.1, -0.05) is 12.1 Å². The Morgan fingerprint density at radius 2 is 2.23 bits per heavy atom. The number of anilines is 1. The van der Waals surface area contributed by atoms with Gasteiger partial charge < -0.3 is 15.2 Å². The van der Waals surface area contributed by atoms with Crippen molar-refractivity contribution in [2.24, 2.45) is 7.05 Å². The van der Waals surface area contributed by atoms with Crippen molar-refractivity contribution in [2.75, 3.05) is 19.0 Å². The first kappa shape index (κ1) is 14.3. The van der Waals surface area contributed by atoms with E-state index in [4.69, 9.17) is 4.74 Å². The van der Waals surface area contributed by atoms with Crippen LogP contribution in [0.1, 0.15) is 11.7 Å². The van der Waals surface area contributed by atoms with Crippen LogP contribution < -0.4 is 10.1 Å². The number of methoxy groups -OCH3 is 1. The molecule has 3 aromatic rings. The van der Waals surface area contributed by atoms with E-state index in [-0.39, 0.29) is 0 Å². The van der Waals surface area contributed by atoms with Gasteiger partial charge in [0, 0.05) is 13.6 Å². The molecule has 7 heteroatoms. The monoisotopic (exact) mass is 299 g/mol. The number of aromatic nitrogens is 4. The zero-order valence-electron chi connectivity index (χ0n) is 12.4. The maximum Gasteiger partial charge on any atom is 0.163 e. The first-order valence-electron chi connectivity index (χ1n) is 6.87. The third-order valence-corrected chi connectivity index (χ3v) is 3.47. The lowest BCUT2D eigenvalue weighted by atomic mass is 10.1. The van der Waals surface area contributed by atoms with Gasteiger partial charge in [-0.3, -0.25) is 4.68 Å². The normalized spacial score (nSPS) is 12.3. The van der Waals surface area contributed by atoms with Crippen LogP contribution >= 0.6 is 0 Å². The topological polar surface area (TPSA) is 85.1 Å². The summed E-state index contributed by atoms with van der Waals surface area (Å²) in [6, 6.07) is 7.36. The molecule has 22 heavy (non-hydrogen) atoms. The standard InChI is InChI=1S/C15H17N5O2/c1-20-15-12(7-19-20)14(17-9-18-15)16-8-13(21)10-4-3-5-11(6-10)22-2/h3-7,9,13,21H,8H2,1-2H3,(H,16,17,18). The molecule has 2 heterocycles.